The largest absolute Gasteiger partial charge is 0.148 e. The molecule has 0 radical (unpaired) electrons. The van der Waals surface area contributed by atoms with E-state index in [0.717, 1.165) is 5.31 Å². The normalized spacial score (nSPS) is 57.0. The summed E-state index contributed by atoms with van der Waals surface area (Å²) in [4.78, 5) is 0. The lowest BCUT2D eigenvalue weighted by Gasteiger charge is -2.16. The topological polar surface area (TPSA) is 0 Å². The fourth-order valence-electron chi connectivity index (χ4n) is 3.24. The first-order valence-electron chi connectivity index (χ1n) is 3.91. The summed E-state index contributed by atoms with van der Waals surface area (Å²) in [6.45, 7) is 1.24. The van der Waals surface area contributed by atoms with Crippen molar-refractivity contribution >= 4 is 6.71 Å². The van der Waals surface area contributed by atoms with E-state index in [1.165, 1.54) is 12.5 Å². The molecule has 0 spiro atoms. The monoisotopic (exact) mass is 106 g/mol. The Hall–Kier alpha value is 0.0649. The first-order valence-corrected chi connectivity index (χ1v) is 3.91. The number of hydrogen-bond acceptors (Lipinski definition) is 0. The van der Waals surface area contributed by atoms with Crippen LogP contribution in [0.3, 0.4) is 0 Å². The molecule has 0 amide bonds. The third-order valence-electron chi connectivity index (χ3n) is 3.85. The minimum Gasteiger partial charge on any atom is -0.0743 e. The van der Waals surface area contributed by atoms with Crippen molar-refractivity contribution in [1.29, 1.82) is 0 Å². The number of rotatable bonds is 0. The Balaban J connectivity index is 2.09. The summed E-state index contributed by atoms with van der Waals surface area (Å²) < 4.78 is 0. The maximum Gasteiger partial charge on any atom is 0.148 e. The highest BCUT2D eigenvalue weighted by atomic mass is 14.5. The Kier molecular flexibility index (Phi) is 0.443. The second-order valence-electron chi connectivity index (χ2n) is 4.01. The second kappa shape index (κ2) is 0.892. The molecule has 0 saturated carbocycles. The molecule has 0 aromatic rings. The Morgan fingerprint density at radius 3 is 2.12 bits per heavy atom. The van der Waals surface area contributed by atoms with Crippen molar-refractivity contribution in [2.45, 2.75) is 43.1 Å². The van der Waals surface area contributed by atoms with Gasteiger partial charge in [0, 0.05) is 0 Å². The van der Waals surface area contributed by atoms with Crippen LogP contribution in [0, 0.1) is 0 Å². The SMILES string of the molecule is C1CC23CCC1B2C3. The molecule has 0 aromatic heterocycles. The molecule has 1 heteroatoms. The van der Waals surface area contributed by atoms with E-state index in [1.54, 1.807) is 32.0 Å². The van der Waals surface area contributed by atoms with Crippen LogP contribution in [0.15, 0.2) is 0 Å². The Morgan fingerprint density at radius 1 is 1.25 bits per heavy atom. The van der Waals surface area contributed by atoms with E-state index in [9.17, 15) is 0 Å². The van der Waals surface area contributed by atoms with E-state index in [1.807, 2.05) is 0 Å². The molecule has 3 fully saturated rings. The van der Waals surface area contributed by atoms with E-state index >= 15 is 0 Å². The van der Waals surface area contributed by atoms with E-state index < -0.39 is 0 Å². The van der Waals surface area contributed by atoms with Crippen LogP contribution in [0.4, 0.5) is 0 Å². The third-order valence-corrected chi connectivity index (χ3v) is 3.85. The van der Waals surface area contributed by atoms with Gasteiger partial charge in [-0.05, 0) is 0 Å². The van der Waals surface area contributed by atoms with Crippen molar-refractivity contribution in [3.63, 3.8) is 0 Å². The van der Waals surface area contributed by atoms with Gasteiger partial charge in [-0.3, -0.25) is 0 Å². The quantitative estimate of drug-likeness (QED) is 0.415. The van der Waals surface area contributed by atoms with Crippen LogP contribution in [-0.4, -0.2) is 6.71 Å². The van der Waals surface area contributed by atoms with Crippen LogP contribution in [0.2, 0.25) is 17.5 Å². The zero-order chi connectivity index (χ0) is 5.19. The van der Waals surface area contributed by atoms with Gasteiger partial charge in [0.25, 0.3) is 0 Å². The van der Waals surface area contributed by atoms with Crippen LogP contribution in [0.5, 0.6) is 0 Å². The molecule has 42 valence electrons. The molecule has 3 aliphatic heterocycles. The molecular weight excluding hydrogens is 94.9 g/mol. The molecule has 8 heavy (non-hydrogen) atoms. The molecule has 3 saturated heterocycles. The van der Waals surface area contributed by atoms with Gasteiger partial charge in [-0.15, -0.1) is 0 Å². The fourth-order valence-corrected chi connectivity index (χ4v) is 3.24. The minimum atomic E-state index is 0.977. The lowest BCUT2D eigenvalue weighted by molar-refractivity contribution is 0.478. The summed E-state index contributed by atoms with van der Waals surface area (Å²) in [5, 5.41) is 0.977. The highest BCUT2D eigenvalue weighted by Gasteiger charge is 2.67. The fraction of sp³-hybridized carbons (Fsp3) is 1.00. The predicted octanol–water partition coefficient (Wildman–Crippen LogP) is 2.19. The average molecular weight is 106 g/mol. The third kappa shape index (κ3) is 0.248. The van der Waals surface area contributed by atoms with Crippen molar-refractivity contribution in [3.05, 3.63) is 0 Å². The van der Waals surface area contributed by atoms with Gasteiger partial charge < -0.3 is 0 Å². The van der Waals surface area contributed by atoms with Crippen molar-refractivity contribution in [2.75, 3.05) is 0 Å². The maximum absolute atomic E-state index is 1.62. The molecule has 0 nitrogen and oxygen atoms in total. The van der Waals surface area contributed by atoms with Gasteiger partial charge in [0.05, 0.1) is 0 Å². The molecule has 0 aromatic carbocycles. The summed E-state index contributed by atoms with van der Waals surface area (Å²) in [7, 11) is 0. The minimum absolute atomic E-state index is 0.977. The summed E-state index contributed by atoms with van der Waals surface area (Å²) >= 11 is 0. The van der Waals surface area contributed by atoms with Gasteiger partial charge >= 0.3 is 0 Å². The molecule has 2 bridgehead atoms. The Morgan fingerprint density at radius 2 is 2.00 bits per heavy atom. The highest BCUT2D eigenvalue weighted by Crippen LogP contribution is 2.77. The molecule has 3 heterocycles. The van der Waals surface area contributed by atoms with Crippen molar-refractivity contribution < 1.29 is 0 Å². The standard InChI is InChI=1S/C7H11B/c1-3-7-4-2-6(1)8(7)5-7/h6H,1-5H2. The summed E-state index contributed by atoms with van der Waals surface area (Å²) in [6.07, 6.45) is 8.00. The van der Waals surface area contributed by atoms with E-state index in [-0.39, 0.29) is 0 Å². The zero-order valence-electron chi connectivity index (χ0n) is 5.19. The van der Waals surface area contributed by atoms with Crippen LogP contribution < -0.4 is 0 Å². The molecule has 3 aliphatic rings. The summed E-state index contributed by atoms with van der Waals surface area (Å²) in [5.74, 6) is 1.20. The van der Waals surface area contributed by atoms with Crippen molar-refractivity contribution in [2.24, 2.45) is 0 Å². The molecule has 0 N–H and O–H groups in total. The molecule has 0 unspecified atom stereocenters. The summed E-state index contributed by atoms with van der Waals surface area (Å²) in [6, 6.07) is 0. The van der Waals surface area contributed by atoms with Gasteiger partial charge in [-0.25, -0.2) is 0 Å². The van der Waals surface area contributed by atoms with Crippen molar-refractivity contribution in [3.8, 4) is 0 Å². The molecule has 0 atom stereocenters. The lowest BCUT2D eigenvalue weighted by atomic mass is 9.60. The van der Waals surface area contributed by atoms with E-state index in [4.69, 9.17) is 0 Å². The summed E-state index contributed by atoms with van der Waals surface area (Å²) in [5.41, 5.74) is 0. The first-order chi connectivity index (χ1) is 3.91. The molecule has 3 rings (SSSR count). The lowest BCUT2D eigenvalue weighted by Crippen LogP contribution is -1.96. The first kappa shape index (κ1) is 3.97. The highest BCUT2D eigenvalue weighted by molar-refractivity contribution is 6.77. The van der Waals surface area contributed by atoms with Crippen molar-refractivity contribution in [1.82, 2.24) is 0 Å². The maximum atomic E-state index is 1.62. The van der Waals surface area contributed by atoms with E-state index in [2.05, 4.69) is 0 Å². The van der Waals surface area contributed by atoms with Crippen LogP contribution in [0.25, 0.3) is 0 Å². The van der Waals surface area contributed by atoms with E-state index in [0.29, 0.717) is 0 Å². The molecule has 0 aliphatic carbocycles. The predicted molar refractivity (Wildman–Crippen MR) is 35.5 cm³/mol. The van der Waals surface area contributed by atoms with Crippen LogP contribution >= 0.6 is 0 Å². The molecular formula is C7H11B. The Labute approximate surface area is 50.7 Å². The second-order valence-corrected chi connectivity index (χ2v) is 4.01. The van der Waals surface area contributed by atoms with Crippen LogP contribution in [-0.2, 0) is 0 Å². The van der Waals surface area contributed by atoms with Gasteiger partial charge in [0.2, 0.25) is 0 Å². The van der Waals surface area contributed by atoms with Gasteiger partial charge in [0.15, 0.2) is 0 Å². The smallest absolute Gasteiger partial charge is 0.0743 e. The average Bonchev–Trinajstić information content (AvgIpc) is 2.31. The Bertz CT molecular complexity index is 131. The zero-order valence-corrected chi connectivity index (χ0v) is 5.19. The van der Waals surface area contributed by atoms with Gasteiger partial charge in [-0.1, -0.05) is 43.1 Å². The van der Waals surface area contributed by atoms with Crippen LogP contribution in [0.1, 0.15) is 25.7 Å². The van der Waals surface area contributed by atoms with Gasteiger partial charge in [0.1, 0.15) is 6.71 Å². The van der Waals surface area contributed by atoms with Gasteiger partial charge in [-0.2, -0.15) is 0 Å². The number of hydrogen-bond donors (Lipinski definition) is 0.